The summed E-state index contributed by atoms with van der Waals surface area (Å²) in [4.78, 5) is 0. The Morgan fingerprint density at radius 2 is 2.00 bits per heavy atom. The number of hydrogen-bond acceptors (Lipinski definition) is 3. The molecule has 0 radical (unpaired) electrons. The molecular weight excluding hydrogens is 214 g/mol. The molecule has 0 bridgehead atoms. The Morgan fingerprint density at radius 3 is 2.53 bits per heavy atom. The fourth-order valence-corrected chi connectivity index (χ4v) is 2.21. The lowest BCUT2D eigenvalue weighted by atomic mass is 9.96. The van der Waals surface area contributed by atoms with Gasteiger partial charge >= 0.3 is 0 Å². The van der Waals surface area contributed by atoms with Crippen molar-refractivity contribution < 1.29 is 9.47 Å². The van der Waals surface area contributed by atoms with E-state index in [-0.39, 0.29) is 0 Å². The molecule has 2 N–H and O–H groups in total. The first-order valence-corrected chi connectivity index (χ1v) is 6.14. The predicted molar refractivity (Wildman–Crippen MR) is 68.6 cm³/mol. The van der Waals surface area contributed by atoms with Crippen molar-refractivity contribution in [1.29, 1.82) is 0 Å². The highest BCUT2D eigenvalue weighted by Crippen LogP contribution is 2.48. The van der Waals surface area contributed by atoms with Gasteiger partial charge in [-0.3, -0.25) is 0 Å². The van der Waals surface area contributed by atoms with E-state index in [0.717, 1.165) is 30.9 Å². The minimum absolute atomic E-state index is 0.411. The number of hydrogen-bond donors (Lipinski definition) is 1. The van der Waals surface area contributed by atoms with E-state index in [0.29, 0.717) is 5.41 Å². The predicted octanol–water partition coefficient (Wildman–Crippen LogP) is 2.38. The molecule has 94 valence electrons. The van der Waals surface area contributed by atoms with Crippen molar-refractivity contribution in [3.8, 4) is 11.5 Å². The third kappa shape index (κ3) is 2.72. The lowest BCUT2D eigenvalue weighted by Crippen LogP contribution is -2.16. The fourth-order valence-electron chi connectivity index (χ4n) is 2.21. The van der Waals surface area contributed by atoms with Crippen LogP contribution in [-0.4, -0.2) is 20.8 Å². The van der Waals surface area contributed by atoms with Gasteiger partial charge in [0.2, 0.25) is 0 Å². The quantitative estimate of drug-likeness (QED) is 0.823. The molecule has 0 atom stereocenters. The van der Waals surface area contributed by atoms with Crippen LogP contribution in [0.25, 0.3) is 0 Å². The molecule has 0 aliphatic heterocycles. The average molecular weight is 235 g/mol. The number of ether oxygens (including phenoxy) is 2. The second kappa shape index (κ2) is 4.96. The van der Waals surface area contributed by atoms with Crippen LogP contribution in [0.1, 0.15) is 24.8 Å². The molecule has 17 heavy (non-hydrogen) atoms. The van der Waals surface area contributed by atoms with Gasteiger partial charge in [0.05, 0.1) is 14.2 Å². The second-order valence-corrected chi connectivity index (χ2v) is 4.88. The molecule has 0 amide bonds. The molecule has 2 rings (SSSR count). The van der Waals surface area contributed by atoms with E-state index < -0.39 is 0 Å². The van der Waals surface area contributed by atoms with E-state index in [9.17, 15) is 0 Å². The summed E-state index contributed by atoms with van der Waals surface area (Å²) >= 11 is 0. The highest BCUT2D eigenvalue weighted by molar-refractivity contribution is 5.40. The Kier molecular flexibility index (Phi) is 3.57. The molecule has 1 aliphatic rings. The third-order valence-corrected chi connectivity index (χ3v) is 3.80. The number of rotatable bonds is 6. The highest BCUT2D eigenvalue weighted by Gasteiger charge is 2.40. The molecule has 1 aromatic rings. The molecule has 0 aromatic heterocycles. The zero-order valence-electron chi connectivity index (χ0n) is 10.7. The molecule has 1 saturated carbocycles. The summed E-state index contributed by atoms with van der Waals surface area (Å²) in [5, 5.41) is 0. The van der Waals surface area contributed by atoms with Crippen LogP contribution in [0.4, 0.5) is 0 Å². The van der Waals surface area contributed by atoms with Crippen LogP contribution < -0.4 is 15.2 Å². The maximum absolute atomic E-state index is 5.80. The largest absolute Gasteiger partial charge is 0.497 e. The molecule has 3 nitrogen and oxygen atoms in total. The Bertz CT molecular complexity index is 386. The van der Waals surface area contributed by atoms with Gasteiger partial charge in [-0.15, -0.1) is 0 Å². The molecule has 0 unspecified atom stereocenters. The standard InChI is InChI=1S/C14H21NO2/c1-16-12-3-4-13(17-2)11(9-12)5-6-14(10-15)7-8-14/h3-4,9H,5-8,10,15H2,1-2H3. The molecular formula is C14H21NO2. The molecule has 0 saturated heterocycles. The van der Waals surface area contributed by atoms with Gasteiger partial charge in [-0.1, -0.05) is 0 Å². The molecule has 0 heterocycles. The lowest BCUT2D eigenvalue weighted by molar-refractivity contribution is 0.394. The van der Waals surface area contributed by atoms with Crippen molar-refractivity contribution in [1.82, 2.24) is 0 Å². The SMILES string of the molecule is COc1ccc(OC)c(CCC2(CN)CC2)c1. The minimum atomic E-state index is 0.411. The van der Waals surface area contributed by atoms with E-state index >= 15 is 0 Å². The number of benzene rings is 1. The van der Waals surface area contributed by atoms with Gasteiger partial charge in [0, 0.05) is 0 Å². The van der Waals surface area contributed by atoms with Crippen LogP contribution in [0.2, 0.25) is 0 Å². The summed E-state index contributed by atoms with van der Waals surface area (Å²) in [5.74, 6) is 1.83. The zero-order chi connectivity index (χ0) is 12.3. The summed E-state index contributed by atoms with van der Waals surface area (Å²) in [6.07, 6.45) is 4.70. The van der Waals surface area contributed by atoms with E-state index in [4.69, 9.17) is 15.2 Å². The zero-order valence-corrected chi connectivity index (χ0v) is 10.7. The normalized spacial score (nSPS) is 16.6. The summed E-state index contributed by atoms with van der Waals surface area (Å²) in [7, 11) is 3.40. The van der Waals surface area contributed by atoms with Gasteiger partial charge in [-0.2, -0.15) is 0 Å². The van der Waals surface area contributed by atoms with Gasteiger partial charge < -0.3 is 15.2 Å². The summed E-state index contributed by atoms with van der Waals surface area (Å²) < 4.78 is 10.6. The Hall–Kier alpha value is -1.22. The number of methoxy groups -OCH3 is 2. The van der Waals surface area contributed by atoms with Crippen LogP contribution in [0.15, 0.2) is 18.2 Å². The summed E-state index contributed by atoms with van der Waals surface area (Å²) in [5.41, 5.74) is 7.43. The first-order valence-electron chi connectivity index (χ1n) is 6.14. The van der Waals surface area contributed by atoms with Crippen LogP contribution in [0.5, 0.6) is 11.5 Å². The first kappa shape index (κ1) is 12.2. The smallest absolute Gasteiger partial charge is 0.122 e. The van der Waals surface area contributed by atoms with Crippen LogP contribution in [0, 0.1) is 5.41 Å². The maximum Gasteiger partial charge on any atom is 0.122 e. The van der Waals surface area contributed by atoms with Gasteiger partial charge in [0.15, 0.2) is 0 Å². The van der Waals surface area contributed by atoms with Crippen LogP contribution >= 0.6 is 0 Å². The van der Waals surface area contributed by atoms with Crippen molar-refractivity contribution in [3.05, 3.63) is 23.8 Å². The maximum atomic E-state index is 5.80. The van der Waals surface area contributed by atoms with Crippen molar-refractivity contribution in [3.63, 3.8) is 0 Å². The van der Waals surface area contributed by atoms with Gasteiger partial charge in [-0.25, -0.2) is 0 Å². The van der Waals surface area contributed by atoms with Crippen molar-refractivity contribution in [2.75, 3.05) is 20.8 Å². The third-order valence-electron chi connectivity index (χ3n) is 3.80. The monoisotopic (exact) mass is 235 g/mol. The second-order valence-electron chi connectivity index (χ2n) is 4.88. The van der Waals surface area contributed by atoms with E-state index in [1.165, 1.54) is 18.4 Å². The van der Waals surface area contributed by atoms with Crippen molar-refractivity contribution >= 4 is 0 Å². The molecule has 3 heteroatoms. The van der Waals surface area contributed by atoms with E-state index in [1.54, 1.807) is 14.2 Å². The topological polar surface area (TPSA) is 44.5 Å². The molecule has 0 spiro atoms. The van der Waals surface area contributed by atoms with Crippen molar-refractivity contribution in [2.24, 2.45) is 11.1 Å². The fraction of sp³-hybridized carbons (Fsp3) is 0.571. The molecule has 1 aliphatic carbocycles. The highest BCUT2D eigenvalue weighted by atomic mass is 16.5. The number of aryl methyl sites for hydroxylation is 1. The molecule has 1 fully saturated rings. The van der Waals surface area contributed by atoms with Crippen LogP contribution in [-0.2, 0) is 6.42 Å². The lowest BCUT2D eigenvalue weighted by Gasteiger charge is -2.14. The Labute approximate surface area is 103 Å². The first-order chi connectivity index (χ1) is 8.23. The summed E-state index contributed by atoms with van der Waals surface area (Å²) in [6.45, 7) is 0.805. The van der Waals surface area contributed by atoms with E-state index in [2.05, 4.69) is 6.07 Å². The van der Waals surface area contributed by atoms with Crippen molar-refractivity contribution in [2.45, 2.75) is 25.7 Å². The number of nitrogens with two attached hydrogens (primary N) is 1. The average Bonchev–Trinajstić information content (AvgIpc) is 3.16. The summed E-state index contributed by atoms with van der Waals surface area (Å²) in [6, 6.07) is 5.96. The van der Waals surface area contributed by atoms with Gasteiger partial charge in [0.25, 0.3) is 0 Å². The molecule has 1 aromatic carbocycles. The van der Waals surface area contributed by atoms with Crippen LogP contribution in [0.3, 0.4) is 0 Å². The Balaban J connectivity index is 2.07. The minimum Gasteiger partial charge on any atom is -0.497 e. The van der Waals surface area contributed by atoms with E-state index in [1.807, 2.05) is 12.1 Å². The Morgan fingerprint density at radius 1 is 1.24 bits per heavy atom. The van der Waals surface area contributed by atoms with Gasteiger partial charge in [-0.05, 0) is 61.4 Å². The van der Waals surface area contributed by atoms with Gasteiger partial charge in [0.1, 0.15) is 11.5 Å².